The second kappa shape index (κ2) is 13.4. The van der Waals surface area contributed by atoms with Gasteiger partial charge in [0.2, 0.25) is 11.8 Å². The molecule has 3 aromatic carbocycles. The minimum absolute atomic E-state index is 0.0778. The summed E-state index contributed by atoms with van der Waals surface area (Å²) in [5, 5.41) is 3.01. The summed E-state index contributed by atoms with van der Waals surface area (Å²) in [6.45, 7) is 4.95. The van der Waals surface area contributed by atoms with Crippen molar-refractivity contribution in [2.75, 3.05) is 24.0 Å². The molecular formula is C28H31ClFN3O5S. The standard InChI is InChI=1S/C28H31ClFN3O5S/c1-4-31-28(35)20(3)32(18-21-8-6-7-9-26(21)30)27(34)19-33(23-12-14-24(15-13-23)38-5-2)39(36,37)25-16-10-22(29)11-17-25/h6-17,20H,4-5,18-19H2,1-3H3,(H,31,35)/t20-/m1/s1. The zero-order valence-corrected chi connectivity index (χ0v) is 23.5. The van der Waals surface area contributed by atoms with Gasteiger partial charge >= 0.3 is 0 Å². The van der Waals surface area contributed by atoms with Crippen molar-refractivity contribution in [1.82, 2.24) is 10.2 Å². The topological polar surface area (TPSA) is 96.0 Å². The lowest BCUT2D eigenvalue weighted by molar-refractivity contribution is -0.139. The molecule has 0 aromatic heterocycles. The number of hydrogen-bond acceptors (Lipinski definition) is 5. The molecule has 0 heterocycles. The summed E-state index contributed by atoms with van der Waals surface area (Å²) in [5.41, 5.74) is 0.397. The Morgan fingerprint density at radius 3 is 2.23 bits per heavy atom. The largest absolute Gasteiger partial charge is 0.494 e. The van der Waals surface area contributed by atoms with Gasteiger partial charge in [0.05, 0.1) is 17.2 Å². The first-order chi connectivity index (χ1) is 18.6. The van der Waals surface area contributed by atoms with Crippen molar-refractivity contribution >= 4 is 39.1 Å². The van der Waals surface area contributed by atoms with Crippen molar-refractivity contribution in [3.05, 3.63) is 89.2 Å². The number of nitrogens with zero attached hydrogens (tertiary/aromatic N) is 2. The molecule has 1 atom stereocenters. The molecule has 3 aromatic rings. The monoisotopic (exact) mass is 575 g/mol. The molecule has 0 bridgehead atoms. The van der Waals surface area contributed by atoms with Crippen molar-refractivity contribution < 1.29 is 27.1 Å². The van der Waals surface area contributed by atoms with Gasteiger partial charge in [0.1, 0.15) is 24.2 Å². The lowest BCUT2D eigenvalue weighted by Gasteiger charge is -2.32. The number of carbonyl (C=O) groups excluding carboxylic acids is 2. The van der Waals surface area contributed by atoms with Gasteiger partial charge in [-0.2, -0.15) is 0 Å². The van der Waals surface area contributed by atoms with E-state index in [2.05, 4.69) is 5.32 Å². The van der Waals surface area contributed by atoms with Crippen LogP contribution in [0.4, 0.5) is 10.1 Å². The Labute approximate surface area is 233 Å². The number of anilines is 1. The third-order valence-corrected chi connectivity index (χ3v) is 7.97. The highest BCUT2D eigenvalue weighted by molar-refractivity contribution is 7.92. The van der Waals surface area contributed by atoms with Crippen molar-refractivity contribution in [2.24, 2.45) is 0 Å². The van der Waals surface area contributed by atoms with E-state index in [4.69, 9.17) is 16.3 Å². The molecule has 39 heavy (non-hydrogen) atoms. The molecule has 0 saturated carbocycles. The second-order valence-electron chi connectivity index (χ2n) is 8.58. The van der Waals surface area contributed by atoms with E-state index in [1.807, 2.05) is 6.92 Å². The number of likely N-dealkylation sites (N-methyl/N-ethyl adjacent to an activating group) is 1. The molecule has 0 aliphatic heterocycles. The summed E-state index contributed by atoms with van der Waals surface area (Å²) in [7, 11) is -4.25. The summed E-state index contributed by atoms with van der Waals surface area (Å²) in [4.78, 5) is 27.6. The zero-order valence-electron chi connectivity index (χ0n) is 21.9. The predicted octanol–water partition coefficient (Wildman–Crippen LogP) is 4.63. The van der Waals surface area contributed by atoms with Crippen LogP contribution in [-0.4, -0.2) is 50.9 Å². The Morgan fingerprint density at radius 2 is 1.64 bits per heavy atom. The second-order valence-corrected chi connectivity index (χ2v) is 10.9. The fraction of sp³-hybridized carbons (Fsp3) is 0.286. The van der Waals surface area contributed by atoms with E-state index in [9.17, 15) is 22.4 Å². The van der Waals surface area contributed by atoms with E-state index in [1.165, 1.54) is 66.4 Å². The van der Waals surface area contributed by atoms with E-state index in [-0.39, 0.29) is 22.7 Å². The van der Waals surface area contributed by atoms with Crippen LogP contribution in [-0.2, 0) is 26.2 Å². The Bertz CT molecular complexity index is 1390. The first-order valence-electron chi connectivity index (χ1n) is 12.4. The van der Waals surface area contributed by atoms with Crippen molar-refractivity contribution in [3.63, 3.8) is 0 Å². The molecule has 0 radical (unpaired) electrons. The van der Waals surface area contributed by atoms with Gasteiger partial charge in [-0.25, -0.2) is 12.8 Å². The number of hydrogen-bond donors (Lipinski definition) is 1. The minimum atomic E-state index is -4.25. The van der Waals surface area contributed by atoms with Gasteiger partial charge in [-0.1, -0.05) is 29.8 Å². The average molecular weight is 576 g/mol. The summed E-state index contributed by atoms with van der Waals surface area (Å²) in [6.07, 6.45) is 0. The van der Waals surface area contributed by atoms with Crippen molar-refractivity contribution in [2.45, 2.75) is 38.3 Å². The summed E-state index contributed by atoms with van der Waals surface area (Å²) < 4.78 is 48.5. The molecule has 0 fully saturated rings. The maximum atomic E-state index is 14.5. The molecule has 0 aliphatic rings. The molecule has 2 amide bonds. The van der Waals surface area contributed by atoms with Gasteiger partial charge in [0.15, 0.2) is 0 Å². The molecule has 0 unspecified atom stereocenters. The van der Waals surface area contributed by atoms with Gasteiger partial charge < -0.3 is 15.0 Å². The number of sulfonamides is 1. The van der Waals surface area contributed by atoms with Crippen LogP contribution in [0, 0.1) is 5.82 Å². The van der Waals surface area contributed by atoms with Crippen LogP contribution >= 0.6 is 11.6 Å². The Kier molecular flexibility index (Phi) is 10.3. The summed E-state index contributed by atoms with van der Waals surface area (Å²) >= 11 is 5.96. The van der Waals surface area contributed by atoms with Gasteiger partial charge in [-0.05, 0) is 75.4 Å². The van der Waals surface area contributed by atoms with E-state index in [1.54, 1.807) is 25.1 Å². The van der Waals surface area contributed by atoms with Crippen LogP contribution < -0.4 is 14.4 Å². The lowest BCUT2D eigenvalue weighted by Crippen LogP contribution is -2.51. The number of rotatable bonds is 12. The van der Waals surface area contributed by atoms with E-state index in [0.29, 0.717) is 23.9 Å². The molecule has 1 N–H and O–H groups in total. The number of carbonyl (C=O) groups is 2. The molecule has 11 heteroatoms. The fourth-order valence-corrected chi connectivity index (χ4v) is 5.39. The van der Waals surface area contributed by atoms with Crippen LogP contribution in [0.2, 0.25) is 5.02 Å². The van der Waals surface area contributed by atoms with Gasteiger partial charge in [-0.15, -0.1) is 0 Å². The molecular weight excluding hydrogens is 545 g/mol. The van der Waals surface area contributed by atoms with Crippen molar-refractivity contribution in [1.29, 1.82) is 0 Å². The highest BCUT2D eigenvalue weighted by Crippen LogP contribution is 2.27. The van der Waals surface area contributed by atoms with Gasteiger partial charge in [-0.3, -0.25) is 13.9 Å². The lowest BCUT2D eigenvalue weighted by atomic mass is 10.1. The Hall–Kier alpha value is -3.63. The normalized spacial score (nSPS) is 11.9. The first kappa shape index (κ1) is 29.9. The molecule has 208 valence electrons. The minimum Gasteiger partial charge on any atom is -0.494 e. The zero-order chi connectivity index (χ0) is 28.6. The molecule has 0 spiro atoms. The number of benzene rings is 3. The van der Waals surface area contributed by atoms with Crippen LogP contribution in [0.1, 0.15) is 26.3 Å². The van der Waals surface area contributed by atoms with E-state index in [0.717, 1.165) is 4.31 Å². The Balaban J connectivity index is 2.04. The quantitative estimate of drug-likeness (QED) is 0.340. The van der Waals surface area contributed by atoms with Gasteiger partial charge in [0, 0.05) is 23.7 Å². The number of ether oxygens (including phenoxy) is 1. The highest BCUT2D eigenvalue weighted by Gasteiger charge is 2.32. The molecule has 3 rings (SSSR count). The molecule has 0 saturated heterocycles. The first-order valence-corrected chi connectivity index (χ1v) is 14.2. The van der Waals surface area contributed by atoms with Crippen LogP contribution in [0.25, 0.3) is 0 Å². The maximum absolute atomic E-state index is 14.5. The molecule has 8 nitrogen and oxygen atoms in total. The smallest absolute Gasteiger partial charge is 0.264 e. The van der Waals surface area contributed by atoms with Gasteiger partial charge in [0.25, 0.3) is 10.0 Å². The van der Waals surface area contributed by atoms with E-state index >= 15 is 0 Å². The van der Waals surface area contributed by atoms with Crippen molar-refractivity contribution in [3.8, 4) is 5.75 Å². The predicted molar refractivity (Wildman–Crippen MR) is 149 cm³/mol. The fourth-order valence-electron chi connectivity index (χ4n) is 3.85. The third-order valence-electron chi connectivity index (χ3n) is 5.93. The van der Waals surface area contributed by atoms with Crippen LogP contribution in [0.15, 0.2) is 77.7 Å². The summed E-state index contributed by atoms with van der Waals surface area (Å²) in [5.74, 6) is -1.16. The SMILES string of the molecule is CCNC(=O)[C@@H](C)N(Cc1ccccc1F)C(=O)CN(c1ccc(OCC)cc1)S(=O)(=O)c1ccc(Cl)cc1. The number of amides is 2. The number of nitrogens with one attached hydrogen (secondary N) is 1. The average Bonchev–Trinajstić information content (AvgIpc) is 2.92. The van der Waals surface area contributed by atoms with Crippen LogP contribution in [0.3, 0.4) is 0 Å². The third kappa shape index (κ3) is 7.48. The maximum Gasteiger partial charge on any atom is 0.264 e. The van der Waals surface area contributed by atoms with E-state index < -0.39 is 40.2 Å². The summed E-state index contributed by atoms with van der Waals surface area (Å²) in [6, 6.07) is 16.7. The molecule has 0 aliphatic carbocycles. The number of halogens is 2. The highest BCUT2D eigenvalue weighted by atomic mass is 35.5. The van der Waals surface area contributed by atoms with Crippen LogP contribution in [0.5, 0.6) is 5.75 Å². The Morgan fingerprint density at radius 1 is 1.00 bits per heavy atom.